The number of aryl methyl sites for hydroxylation is 1. The zero-order valence-electron chi connectivity index (χ0n) is 13.8. The standard InChI is InChI=1S/C18H25N3O2/c1-3-23-14-6-7-16-15(9-14)11(2)17(21-16)18(22)20-13-5-4-12(8-13)10-19/h6-7,9,12-13,21H,3-5,8,10,19H2,1-2H3,(H,20,22). The predicted molar refractivity (Wildman–Crippen MR) is 91.9 cm³/mol. The van der Waals surface area contributed by atoms with Crippen LogP contribution in [0.2, 0.25) is 0 Å². The van der Waals surface area contributed by atoms with Crippen LogP contribution in [0, 0.1) is 12.8 Å². The van der Waals surface area contributed by atoms with Crippen molar-refractivity contribution < 1.29 is 9.53 Å². The number of carbonyl (C=O) groups is 1. The summed E-state index contributed by atoms with van der Waals surface area (Å²) < 4.78 is 5.54. The van der Waals surface area contributed by atoms with Crippen molar-refractivity contribution in [3.63, 3.8) is 0 Å². The van der Waals surface area contributed by atoms with Crippen molar-refractivity contribution in [2.45, 2.75) is 39.2 Å². The van der Waals surface area contributed by atoms with Gasteiger partial charge in [-0.25, -0.2) is 0 Å². The summed E-state index contributed by atoms with van der Waals surface area (Å²) in [5.41, 5.74) is 8.29. The second-order valence-corrected chi connectivity index (χ2v) is 6.35. The van der Waals surface area contributed by atoms with E-state index in [9.17, 15) is 4.79 Å². The highest BCUT2D eigenvalue weighted by Crippen LogP contribution is 2.28. The average Bonchev–Trinajstić information content (AvgIpc) is 3.13. The Morgan fingerprint density at radius 1 is 1.43 bits per heavy atom. The number of carbonyl (C=O) groups excluding carboxylic acids is 1. The van der Waals surface area contributed by atoms with Crippen LogP contribution in [0.1, 0.15) is 42.2 Å². The number of hydrogen-bond acceptors (Lipinski definition) is 3. The first kappa shape index (κ1) is 15.9. The Morgan fingerprint density at radius 2 is 2.26 bits per heavy atom. The van der Waals surface area contributed by atoms with Crippen molar-refractivity contribution in [3.8, 4) is 5.75 Å². The van der Waals surface area contributed by atoms with Crippen LogP contribution in [0.5, 0.6) is 5.75 Å². The smallest absolute Gasteiger partial charge is 0.268 e. The number of nitrogens with two attached hydrogens (primary N) is 1. The number of amides is 1. The molecule has 4 N–H and O–H groups in total. The molecule has 5 nitrogen and oxygen atoms in total. The first-order chi connectivity index (χ1) is 11.1. The maximum absolute atomic E-state index is 12.6. The van der Waals surface area contributed by atoms with Gasteiger partial charge < -0.3 is 20.8 Å². The van der Waals surface area contributed by atoms with Crippen LogP contribution in [-0.2, 0) is 0 Å². The van der Waals surface area contributed by atoms with Gasteiger partial charge in [-0.3, -0.25) is 4.79 Å². The summed E-state index contributed by atoms with van der Waals surface area (Å²) in [6, 6.07) is 6.11. The lowest BCUT2D eigenvalue weighted by Crippen LogP contribution is -2.33. The maximum atomic E-state index is 12.6. The van der Waals surface area contributed by atoms with E-state index in [-0.39, 0.29) is 11.9 Å². The third kappa shape index (κ3) is 3.20. The van der Waals surface area contributed by atoms with E-state index in [1.54, 1.807) is 0 Å². The summed E-state index contributed by atoms with van der Waals surface area (Å²) >= 11 is 0. The highest BCUT2D eigenvalue weighted by molar-refractivity contribution is 6.01. The molecule has 0 radical (unpaired) electrons. The van der Waals surface area contributed by atoms with Crippen molar-refractivity contribution in [1.82, 2.24) is 10.3 Å². The fraction of sp³-hybridized carbons (Fsp3) is 0.500. The Morgan fingerprint density at radius 3 is 2.96 bits per heavy atom. The minimum absolute atomic E-state index is 0.0284. The van der Waals surface area contributed by atoms with Gasteiger partial charge in [0.2, 0.25) is 0 Å². The molecule has 1 aromatic carbocycles. The highest BCUT2D eigenvalue weighted by atomic mass is 16.5. The van der Waals surface area contributed by atoms with Crippen LogP contribution in [0.3, 0.4) is 0 Å². The van der Waals surface area contributed by atoms with E-state index in [4.69, 9.17) is 10.5 Å². The number of ether oxygens (including phenoxy) is 1. The van der Waals surface area contributed by atoms with E-state index in [1.165, 1.54) is 0 Å². The number of aromatic nitrogens is 1. The molecule has 1 aliphatic carbocycles. The molecule has 0 saturated heterocycles. The lowest BCUT2D eigenvalue weighted by Gasteiger charge is -2.12. The van der Waals surface area contributed by atoms with Gasteiger partial charge >= 0.3 is 0 Å². The van der Waals surface area contributed by atoms with Gasteiger partial charge in [0, 0.05) is 16.9 Å². The lowest BCUT2D eigenvalue weighted by molar-refractivity contribution is 0.0932. The largest absolute Gasteiger partial charge is 0.494 e. The topological polar surface area (TPSA) is 80.1 Å². The number of nitrogens with one attached hydrogen (secondary N) is 2. The second-order valence-electron chi connectivity index (χ2n) is 6.35. The van der Waals surface area contributed by atoms with Gasteiger partial charge in [-0.2, -0.15) is 0 Å². The van der Waals surface area contributed by atoms with Crippen molar-refractivity contribution in [3.05, 3.63) is 29.5 Å². The third-order valence-corrected chi connectivity index (χ3v) is 4.78. The van der Waals surface area contributed by atoms with Crippen LogP contribution < -0.4 is 15.8 Å². The number of fused-ring (bicyclic) bond motifs is 1. The molecule has 23 heavy (non-hydrogen) atoms. The summed E-state index contributed by atoms with van der Waals surface area (Å²) in [5.74, 6) is 1.34. The zero-order chi connectivity index (χ0) is 16.4. The molecule has 1 saturated carbocycles. The number of H-pyrrole nitrogens is 1. The minimum atomic E-state index is -0.0284. The molecule has 2 unspecified atom stereocenters. The van der Waals surface area contributed by atoms with Crippen molar-refractivity contribution in [2.75, 3.05) is 13.2 Å². The van der Waals surface area contributed by atoms with E-state index in [1.807, 2.05) is 32.0 Å². The lowest BCUT2D eigenvalue weighted by atomic mass is 10.1. The Labute approximate surface area is 136 Å². The zero-order valence-corrected chi connectivity index (χ0v) is 13.8. The van der Waals surface area contributed by atoms with E-state index in [0.717, 1.165) is 41.5 Å². The molecule has 1 aliphatic rings. The van der Waals surface area contributed by atoms with Crippen LogP contribution in [0.4, 0.5) is 0 Å². The van der Waals surface area contributed by atoms with Crippen LogP contribution >= 0.6 is 0 Å². The summed E-state index contributed by atoms with van der Waals surface area (Å²) in [6.45, 7) is 5.27. The van der Waals surface area contributed by atoms with Gasteiger partial charge in [-0.1, -0.05) is 0 Å². The normalized spacial score (nSPS) is 20.8. The fourth-order valence-corrected chi connectivity index (χ4v) is 3.47. The van der Waals surface area contributed by atoms with Gasteiger partial charge in [0.25, 0.3) is 5.91 Å². The summed E-state index contributed by atoms with van der Waals surface area (Å²) in [5, 5.41) is 4.18. The van der Waals surface area contributed by atoms with Gasteiger partial charge in [-0.15, -0.1) is 0 Å². The van der Waals surface area contributed by atoms with Gasteiger partial charge in [0.1, 0.15) is 11.4 Å². The van der Waals surface area contributed by atoms with Crippen LogP contribution in [0.15, 0.2) is 18.2 Å². The Bertz CT molecular complexity index is 708. The fourth-order valence-electron chi connectivity index (χ4n) is 3.47. The molecule has 3 rings (SSSR count). The first-order valence-electron chi connectivity index (χ1n) is 8.38. The quantitative estimate of drug-likeness (QED) is 0.793. The molecule has 0 aliphatic heterocycles. The number of aromatic amines is 1. The molecule has 124 valence electrons. The molecule has 0 bridgehead atoms. The third-order valence-electron chi connectivity index (χ3n) is 4.78. The monoisotopic (exact) mass is 315 g/mol. The minimum Gasteiger partial charge on any atom is -0.494 e. The van der Waals surface area contributed by atoms with E-state index in [0.29, 0.717) is 24.8 Å². The van der Waals surface area contributed by atoms with Crippen molar-refractivity contribution in [2.24, 2.45) is 11.7 Å². The average molecular weight is 315 g/mol. The second kappa shape index (κ2) is 6.62. The van der Waals surface area contributed by atoms with Crippen LogP contribution in [-0.4, -0.2) is 30.1 Å². The van der Waals surface area contributed by atoms with Crippen molar-refractivity contribution >= 4 is 16.8 Å². The van der Waals surface area contributed by atoms with Crippen molar-refractivity contribution in [1.29, 1.82) is 0 Å². The summed E-state index contributed by atoms with van der Waals surface area (Å²) in [7, 11) is 0. The molecule has 2 atom stereocenters. The van der Waals surface area contributed by atoms with Gasteiger partial charge in [0.05, 0.1) is 6.61 Å². The molecule has 1 aromatic heterocycles. The number of benzene rings is 1. The van der Waals surface area contributed by atoms with Crippen LogP contribution in [0.25, 0.3) is 10.9 Å². The molecular weight excluding hydrogens is 290 g/mol. The molecule has 1 amide bonds. The van der Waals surface area contributed by atoms with E-state index < -0.39 is 0 Å². The molecule has 0 spiro atoms. The predicted octanol–water partition coefficient (Wildman–Crippen LogP) is 2.73. The maximum Gasteiger partial charge on any atom is 0.268 e. The highest BCUT2D eigenvalue weighted by Gasteiger charge is 2.26. The molecular formula is C18H25N3O2. The SMILES string of the molecule is CCOc1ccc2[nH]c(C(=O)NC3CCC(CN)C3)c(C)c2c1. The van der Waals surface area contributed by atoms with E-state index in [2.05, 4.69) is 10.3 Å². The molecule has 5 heteroatoms. The number of hydrogen-bond donors (Lipinski definition) is 3. The number of rotatable bonds is 5. The molecule has 1 heterocycles. The van der Waals surface area contributed by atoms with E-state index >= 15 is 0 Å². The Hall–Kier alpha value is -2.01. The first-order valence-corrected chi connectivity index (χ1v) is 8.38. The molecule has 2 aromatic rings. The van der Waals surface area contributed by atoms with Gasteiger partial charge in [0.15, 0.2) is 0 Å². The Kier molecular flexibility index (Phi) is 4.57. The summed E-state index contributed by atoms with van der Waals surface area (Å²) in [6.07, 6.45) is 3.10. The molecule has 1 fully saturated rings. The van der Waals surface area contributed by atoms with Gasteiger partial charge in [-0.05, 0) is 69.3 Å². The Balaban J connectivity index is 1.79. The summed E-state index contributed by atoms with van der Waals surface area (Å²) in [4.78, 5) is 15.8.